The smallest absolute Gasteiger partial charge is 0.400 e. The van der Waals surface area contributed by atoms with E-state index in [0.717, 1.165) is 206 Å². The Labute approximate surface area is 512 Å². The van der Waals surface area contributed by atoms with E-state index >= 15 is 0 Å². The highest BCUT2D eigenvalue weighted by atomic mass is 28.4. The first-order chi connectivity index (χ1) is 41.2. The Morgan fingerprint density at radius 3 is 0.238 bits per heavy atom. The first-order valence-electron chi connectivity index (χ1n) is 20.4. The van der Waals surface area contributed by atoms with Gasteiger partial charge in [-0.1, -0.05) is 0 Å². The second-order valence-corrected chi connectivity index (χ2v) is 13.0. The average molecular weight is 1370 g/mol. The molecule has 0 heterocycles. The van der Waals surface area contributed by atoms with Gasteiger partial charge in [-0.3, -0.25) is 0 Å². The van der Waals surface area contributed by atoms with Crippen LogP contribution in [-0.4, -0.2) is 461 Å². The van der Waals surface area contributed by atoms with Crippen LogP contribution in [0.1, 0.15) is 0 Å². The van der Waals surface area contributed by atoms with Crippen molar-refractivity contribution in [2.75, 3.05) is 282 Å². The number of aliphatic hydroxyl groups excluding tert-OH is 29. The predicted octanol–water partition coefficient (Wildman–Crippen LogP) is -13.9. The van der Waals surface area contributed by atoms with Crippen LogP contribution in [0.25, 0.3) is 0 Å². The van der Waals surface area contributed by atoms with E-state index in [9.17, 15) is 0 Å². The lowest BCUT2D eigenvalue weighted by molar-refractivity contribution is 0.125. The van der Waals surface area contributed by atoms with E-state index in [2.05, 4.69) is 8.85 Å². The van der Waals surface area contributed by atoms with E-state index in [4.69, 9.17) is 197 Å². The quantitative estimate of drug-likeness (QED) is 0.0854. The van der Waals surface area contributed by atoms with Crippen molar-refractivity contribution in [1.82, 2.24) is 0 Å². The number of aliphatic hydroxyl groups is 29. The van der Waals surface area contributed by atoms with E-state index in [1.165, 1.54) is 56.9 Å². The third-order valence-corrected chi connectivity index (χ3v) is 9.79. The van der Waals surface area contributed by atoms with Crippen LogP contribution < -0.4 is 17.2 Å². The summed E-state index contributed by atoms with van der Waals surface area (Å²) in [6.07, 6.45) is 0.701. The molecule has 0 bridgehead atoms. The molecule has 0 aliphatic rings. The van der Waals surface area contributed by atoms with Crippen LogP contribution in [0.4, 0.5) is 0 Å². The van der Waals surface area contributed by atoms with Crippen LogP contribution in [0.15, 0.2) is 0 Å². The van der Waals surface area contributed by atoms with Crippen molar-refractivity contribution >= 4 is 26.4 Å². The van der Waals surface area contributed by atoms with E-state index < -0.39 is 26.4 Å². The maximum Gasteiger partial charge on any atom is 0.514 e. The number of hydrogen-bond acceptors (Lipinski definition) is 41. The van der Waals surface area contributed by atoms with Crippen LogP contribution >= 0.6 is 0 Å². The summed E-state index contributed by atoms with van der Waals surface area (Å²) in [7, 11) is 33.2. The summed E-state index contributed by atoms with van der Waals surface area (Å²) in [5.74, 6) is 0. The zero-order chi connectivity index (χ0) is 79.3. The molecule has 84 heavy (non-hydrogen) atoms. The van der Waals surface area contributed by atoms with Gasteiger partial charge >= 0.3 is 26.4 Å². The minimum absolute atomic E-state index is 0.0694. The standard InChI is InChI=1S/2C4H13NO3Si.C3H11NO3Si.29CH4O/c2*1-6-9(4-5,7-2)8-3;1-6-8(5,3-4)7-2;29*1-2/h2*4-5H2,1-3H3;5H,3-4H2,1-2H3;29*2H,1H3. The summed E-state index contributed by atoms with van der Waals surface area (Å²) in [5, 5.41) is 203. The summed E-state index contributed by atoms with van der Waals surface area (Å²) >= 11 is 0. The highest BCUT2D eigenvalue weighted by molar-refractivity contribution is 6.61. The van der Waals surface area contributed by atoms with Gasteiger partial charge in [-0.2, -0.15) is 0 Å². The fourth-order valence-corrected chi connectivity index (χ4v) is 3.75. The second kappa shape index (κ2) is 686. The van der Waals surface area contributed by atoms with Gasteiger partial charge in [0.2, 0.25) is 0 Å². The summed E-state index contributed by atoms with van der Waals surface area (Å²) in [6, 6.07) is 0. The second-order valence-electron chi connectivity index (χ2n) is 4.32. The molecule has 0 aliphatic carbocycles. The summed E-state index contributed by atoms with van der Waals surface area (Å²) in [5.41, 5.74) is 15.7. The van der Waals surface area contributed by atoms with Crippen molar-refractivity contribution in [3.63, 3.8) is 0 Å². The fourth-order valence-electron chi connectivity index (χ4n) is 1.25. The Hall–Kier alpha value is -0.989. The lowest BCUT2D eigenvalue weighted by atomic mass is 11.5. The van der Waals surface area contributed by atoms with Gasteiger partial charge in [0.1, 0.15) is 0 Å². The van der Waals surface area contributed by atoms with Crippen LogP contribution in [0, 0.1) is 0 Å². The maximum absolute atomic E-state index is 9.01. The van der Waals surface area contributed by atoms with Crippen LogP contribution in [0.2, 0.25) is 0 Å². The minimum Gasteiger partial charge on any atom is -0.400 e. The number of hydrogen-bond donors (Lipinski definition) is 33. The maximum atomic E-state index is 9.01. The molecule has 0 unspecified atom stereocenters. The van der Waals surface area contributed by atoms with E-state index in [0.29, 0.717) is 12.3 Å². The van der Waals surface area contributed by atoms with Gasteiger partial charge in [-0.25, -0.2) is 0 Å². The van der Waals surface area contributed by atoms with Crippen LogP contribution in [0.3, 0.4) is 0 Å². The van der Waals surface area contributed by atoms with Crippen LogP contribution in [0.5, 0.6) is 0 Å². The predicted molar refractivity (Wildman–Crippen MR) is 339 cm³/mol. The zero-order valence-electron chi connectivity index (χ0n) is 59.0. The summed E-state index contributed by atoms with van der Waals surface area (Å²) in [6.45, 7) is 0. The molecule has 0 spiro atoms. The normalized spacial score (nSPS) is 5.79. The van der Waals surface area contributed by atoms with Crippen molar-refractivity contribution in [2.24, 2.45) is 17.2 Å². The fraction of sp³-hybridized carbons (Fsp3) is 1.00. The van der Waals surface area contributed by atoms with Gasteiger partial charge in [0, 0.05) is 263 Å². The molecule has 36 N–H and O–H groups in total. The molecule has 41 nitrogen and oxygen atoms in total. The molecule has 0 aromatic rings. The van der Waals surface area contributed by atoms with E-state index in [1.54, 1.807) is 0 Å². The highest BCUT2D eigenvalue weighted by Crippen LogP contribution is 2.02. The first kappa shape index (κ1) is 215. The molecule has 0 atom stereocenters. The molecule has 0 fully saturated rings. The molecule has 0 saturated heterocycles. The first-order valence-corrected chi connectivity index (χ1v) is 26.2. The molecular formula is C40H153N3O38Si3. The van der Waals surface area contributed by atoms with Gasteiger partial charge in [-0.05, 0) is 0 Å². The average Bonchev–Trinajstić information content (AvgIpc) is 3.69. The van der Waals surface area contributed by atoms with Crippen molar-refractivity contribution in [3.05, 3.63) is 0 Å². The van der Waals surface area contributed by atoms with Crippen molar-refractivity contribution < 1.29 is 188 Å². The number of rotatable bonds is 11. The highest BCUT2D eigenvalue weighted by Gasteiger charge is 2.36. The Balaban J connectivity index is -0.0000000114. The Morgan fingerprint density at radius 2 is 0.238 bits per heavy atom. The van der Waals surface area contributed by atoms with Crippen molar-refractivity contribution in [2.45, 2.75) is 0 Å². The zero-order valence-corrected chi connectivity index (χ0v) is 62.0. The Morgan fingerprint density at radius 1 is 0.167 bits per heavy atom. The summed E-state index contributed by atoms with van der Waals surface area (Å²) < 4.78 is 38.9. The Kier molecular flexibility index (Phi) is 1750. The van der Waals surface area contributed by atoms with Gasteiger partial charge in [0.05, 0.1) is 18.5 Å². The monoisotopic (exact) mass is 1370 g/mol. The van der Waals surface area contributed by atoms with Crippen molar-refractivity contribution in [1.29, 1.82) is 0 Å². The molecule has 0 radical (unpaired) electrons. The third kappa shape index (κ3) is 506. The summed E-state index contributed by atoms with van der Waals surface area (Å²) in [4.78, 5) is 9.01. The molecule has 0 rings (SSSR count). The molecule has 0 aromatic carbocycles. The van der Waals surface area contributed by atoms with Crippen molar-refractivity contribution in [3.8, 4) is 0 Å². The van der Waals surface area contributed by atoms with E-state index in [1.807, 2.05) is 0 Å². The van der Waals surface area contributed by atoms with E-state index in [-0.39, 0.29) is 6.17 Å². The van der Waals surface area contributed by atoms with Gasteiger partial charge in [0.25, 0.3) is 0 Å². The lowest BCUT2D eigenvalue weighted by Crippen LogP contribution is -2.50. The molecule has 44 heteroatoms. The largest absolute Gasteiger partial charge is 0.514 e. The topological polar surface area (TPSA) is 759 Å². The molecule has 568 valence electrons. The van der Waals surface area contributed by atoms with Crippen LogP contribution in [-0.2, 0) is 35.4 Å². The third-order valence-electron chi connectivity index (χ3n) is 3.26. The molecule has 0 aromatic heterocycles. The Bertz CT molecular complexity index is 316. The molecule has 0 aliphatic heterocycles. The minimum atomic E-state index is -2.89. The van der Waals surface area contributed by atoms with Gasteiger partial charge in [-0.15, -0.1) is 0 Å². The molecule has 0 saturated carbocycles. The number of nitrogens with two attached hydrogens (primary N) is 3. The van der Waals surface area contributed by atoms with Gasteiger partial charge in [0.15, 0.2) is 0 Å². The molecule has 0 amide bonds. The molecular weight excluding hydrogens is 1210 g/mol. The van der Waals surface area contributed by atoms with Gasteiger partial charge < -0.3 is 205 Å². The lowest BCUT2D eigenvalue weighted by Gasteiger charge is -2.21. The SMILES string of the molecule is CO.CO.CO.CO.CO.CO.CO.CO.CO.CO.CO.CO.CO.CO.CO.CO.CO.CO.CO.CO.CO.CO.CO.CO.CO.CO.CO.CO.CO.CO[Si](CN)(OC)OC.CO[Si](CN)(OC)OC.CO[Si](O)(CN)OC.